The number of nitrogens with two attached hydrogens (primary N) is 2. The van der Waals surface area contributed by atoms with Crippen LogP contribution in [0, 0.1) is 0 Å². The van der Waals surface area contributed by atoms with Gasteiger partial charge in [-0.15, -0.1) is 0 Å². The van der Waals surface area contributed by atoms with Crippen molar-refractivity contribution in [2.45, 2.75) is 6.42 Å². The van der Waals surface area contributed by atoms with Crippen LogP contribution in [0.25, 0.3) is 0 Å². The van der Waals surface area contributed by atoms with Crippen molar-refractivity contribution < 1.29 is 0 Å². The van der Waals surface area contributed by atoms with E-state index in [2.05, 4.69) is 0 Å². The quantitative estimate of drug-likeness (QED) is 0.397. The molecule has 40 valence electrons. The SMILES string of the molecule is NC1=CN(N)CC1. The first-order valence-electron chi connectivity index (χ1n) is 2.26. The van der Waals surface area contributed by atoms with Gasteiger partial charge in [-0.1, -0.05) is 0 Å². The summed E-state index contributed by atoms with van der Waals surface area (Å²) in [4.78, 5) is 0. The second-order valence-electron chi connectivity index (χ2n) is 1.69. The summed E-state index contributed by atoms with van der Waals surface area (Å²) in [6, 6.07) is 0. The molecule has 3 heteroatoms. The van der Waals surface area contributed by atoms with E-state index in [-0.39, 0.29) is 0 Å². The molecular formula is C4H9N3. The fraction of sp³-hybridized carbons (Fsp3) is 0.500. The van der Waals surface area contributed by atoms with Crippen molar-refractivity contribution in [1.82, 2.24) is 5.01 Å². The Morgan fingerprint density at radius 2 is 2.43 bits per heavy atom. The Morgan fingerprint density at radius 3 is 2.57 bits per heavy atom. The van der Waals surface area contributed by atoms with Crippen LogP contribution in [-0.4, -0.2) is 11.6 Å². The molecular weight excluding hydrogens is 90.1 g/mol. The highest BCUT2D eigenvalue weighted by Crippen LogP contribution is 2.02. The van der Waals surface area contributed by atoms with E-state index >= 15 is 0 Å². The normalized spacial score (nSPS) is 20.1. The number of hydrogen-bond acceptors (Lipinski definition) is 3. The predicted octanol–water partition coefficient (Wildman–Crippen LogP) is -0.634. The van der Waals surface area contributed by atoms with Crippen molar-refractivity contribution >= 4 is 0 Å². The minimum absolute atomic E-state index is 0.867. The van der Waals surface area contributed by atoms with E-state index in [0.29, 0.717) is 0 Å². The van der Waals surface area contributed by atoms with Crippen molar-refractivity contribution in [1.29, 1.82) is 0 Å². The van der Waals surface area contributed by atoms with E-state index in [9.17, 15) is 0 Å². The third-order valence-corrected chi connectivity index (χ3v) is 0.990. The molecule has 4 N–H and O–H groups in total. The molecule has 0 aromatic carbocycles. The van der Waals surface area contributed by atoms with Crippen molar-refractivity contribution in [3.8, 4) is 0 Å². The van der Waals surface area contributed by atoms with Crippen molar-refractivity contribution in [2.75, 3.05) is 6.54 Å². The average molecular weight is 99.1 g/mol. The molecule has 0 spiro atoms. The highest BCUT2D eigenvalue weighted by molar-refractivity contribution is 5.00. The molecule has 3 nitrogen and oxygen atoms in total. The molecule has 0 aromatic heterocycles. The van der Waals surface area contributed by atoms with E-state index < -0.39 is 0 Å². The molecule has 0 atom stereocenters. The van der Waals surface area contributed by atoms with Gasteiger partial charge in [0, 0.05) is 24.9 Å². The molecule has 7 heavy (non-hydrogen) atoms. The van der Waals surface area contributed by atoms with Gasteiger partial charge in [0.15, 0.2) is 0 Å². The van der Waals surface area contributed by atoms with Gasteiger partial charge in [0.05, 0.1) is 0 Å². The number of rotatable bonds is 0. The highest BCUT2D eigenvalue weighted by Gasteiger charge is 2.02. The van der Waals surface area contributed by atoms with E-state index in [4.69, 9.17) is 11.6 Å². The molecule has 1 rings (SSSR count). The minimum atomic E-state index is 0.867. The van der Waals surface area contributed by atoms with Crippen molar-refractivity contribution in [3.05, 3.63) is 11.9 Å². The summed E-state index contributed by atoms with van der Waals surface area (Å²) in [5, 5.41) is 1.59. The van der Waals surface area contributed by atoms with Gasteiger partial charge in [0.1, 0.15) is 0 Å². The first kappa shape index (κ1) is 4.46. The number of hydrazine groups is 1. The van der Waals surface area contributed by atoms with E-state index in [1.807, 2.05) is 0 Å². The summed E-state index contributed by atoms with van der Waals surface area (Å²) < 4.78 is 0. The van der Waals surface area contributed by atoms with Crippen molar-refractivity contribution in [3.63, 3.8) is 0 Å². The molecule has 0 saturated carbocycles. The lowest BCUT2D eigenvalue weighted by molar-refractivity contribution is 0.428. The summed E-state index contributed by atoms with van der Waals surface area (Å²) >= 11 is 0. The lowest BCUT2D eigenvalue weighted by Gasteiger charge is -2.01. The highest BCUT2D eigenvalue weighted by atomic mass is 15.4. The van der Waals surface area contributed by atoms with Gasteiger partial charge in [0.2, 0.25) is 0 Å². The predicted molar refractivity (Wildman–Crippen MR) is 27.8 cm³/mol. The summed E-state index contributed by atoms with van der Waals surface area (Å²) in [5.74, 6) is 5.30. The molecule has 0 radical (unpaired) electrons. The zero-order valence-electron chi connectivity index (χ0n) is 4.09. The fourth-order valence-corrected chi connectivity index (χ4v) is 0.600. The van der Waals surface area contributed by atoms with Gasteiger partial charge in [-0.2, -0.15) is 0 Å². The largest absolute Gasteiger partial charge is 0.401 e. The third kappa shape index (κ3) is 0.838. The number of hydrogen-bond donors (Lipinski definition) is 2. The number of nitrogens with zero attached hydrogens (tertiary/aromatic N) is 1. The third-order valence-electron chi connectivity index (χ3n) is 0.990. The molecule has 0 fully saturated rings. The van der Waals surface area contributed by atoms with E-state index in [1.54, 1.807) is 11.2 Å². The lowest BCUT2D eigenvalue weighted by atomic mass is 10.4. The maximum atomic E-state index is 5.36. The van der Waals surface area contributed by atoms with Gasteiger partial charge in [-0.05, 0) is 0 Å². The first-order valence-corrected chi connectivity index (χ1v) is 2.26. The van der Waals surface area contributed by atoms with Crippen LogP contribution in [0.3, 0.4) is 0 Å². The Bertz CT molecular complexity index is 97.1. The monoisotopic (exact) mass is 99.1 g/mol. The topological polar surface area (TPSA) is 55.3 Å². The zero-order valence-corrected chi connectivity index (χ0v) is 4.09. The second-order valence-corrected chi connectivity index (χ2v) is 1.69. The maximum Gasteiger partial charge on any atom is 0.0391 e. The average Bonchev–Trinajstić information content (AvgIpc) is 1.87. The Balaban J connectivity index is 2.50. The van der Waals surface area contributed by atoms with Crippen LogP contribution >= 0.6 is 0 Å². The second kappa shape index (κ2) is 1.42. The smallest absolute Gasteiger partial charge is 0.0391 e. The first-order chi connectivity index (χ1) is 3.29. The summed E-state index contributed by atoms with van der Waals surface area (Å²) in [7, 11) is 0. The molecule has 0 saturated heterocycles. The van der Waals surface area contributed by atoms with Crippen LogP contribution in [0.4, 0.5) is 0 Å². The van der Waals surface area contributed by atoms with Crippen LogP contribution in [0.1, 0.15) is 6.42 Å². The van der Waals surface area contributed by atoms with Gasteiger partial charge >= 0.3 is 0 Å². The van der Waals surface area contributed by atoms with Crippen LogP contribution in [0.15, 0.2) is 11.9 Å². The molecule has 0 aromatic rings. The van der Waals surface area contributed by atoms with Gasteiger partial charge in [0.25, 0.3) is 0 Å². The molecule has 1 aliphatic rings. The molecule has 0 unspecified atom stereocenters. The standard InChI is InChI=1S/C4H9N3/c5-4-1-2-7(6)3-4/h3H,1-2,5-6H2. The van der Waals surface area contributed by atoms with Crippen LogP contribution in [-0.2, 0) is 0 Å². The Kier molecular flexibility index (Phi) is 0.906. The van der Waals surface area contributed by atoms with E-state index in [0.717, 1.165) is 18.7 Å². The lowest BCUT2D eigenvalue weighted by Crippen LogP contribution is -2.21. The summed E-state index contributed by atoms with van der Waals surface area (Å²) in [5.41, 5.74) is 6.24. The van der Waals surface area contributed by atoms with Gasteiger partial charge < -0.3 is 10.7 Å². The van der Waals surface area contributed by atoms with E-state index in [1.165, 1.54) is 0 Å². The Labute approximate surface area is 42.5 Å². The fourth-order valence-electron chi connectivity index (χ4n) is 0.600. The Hall–Kier alpha value is -0.700. The summed E-state index contributed by atoms with van der Waals surface area (Å²) in [6.45, 7) is 0.867. The van der Waals surface area contributed by atoms with Gasteiger partial charge in [-0.25, -0.2) is 5.84 Å². The van der Waals surface area contributed by atoms with Gasteiger partial charge in [-0.3, -0.25) is 0 Å². The molecule has 0 bridgehead atoms. The Morgan fingerprint density at radius 1 is 1.71 bits per heavy atom. The van der Waals surface area contributed by atoms with Crippen molar-refractivity contribution in [2.24, 2.45) is 11.6 Å². The molecule has 1 heterocycles. The van der Waals surface area contributed by atoms with Crippen LogP contribution in [0.5, 0.6) is 0 Å². The molecule has 1 aliphatic heterocycles. The maximum absolute atomic E-state index is 5.36. The van der Waals surface area contributed by atoms with Crippen LogP contribution in [0.2, 0.25) is 0 Å². The summed E-state index contributed by atoms with van der Waals surface area (Å²) in [6.07, 6.45) is 2.66. The van der Waals surface area contributed by atoms with Crippen LogP contribution < -0.4 is 11.6 Å². The molecule has 0 aliphatic carbocycles. The zero-order chi connectivity index (χ0) is 5.28. The minimum Gasteiger partial charge on any atom is -0.401 e. The molecule has 0 amide bonds.